The molecule has 0 heterocycles. The molecule has 5 heteroatoms. The Bertz CT molecular complexity index is 408. The lowest BCUT2D eigenvalue weighted by atomic mass is 10.1. The van der Waals surface area contributed by atoms with Crippen LogP contribution in [0.4, 0.5) is 0 Å². The number of benzene rings is 1. The lowest BCUT2D eigenvalue weighted by Crippen LogP contribution is -2.25. The minimum Gasteiger partial charge on any atom is -0.493 e. The van der Waals surface area contributed by atoms with Gasteiger partial charge < -0.3 is 20.5 Å². The van der Waals surface area contributed by atoms with Gasteiger partial charge in [0.15, 0.2) is 6.61 Å². The Morgan fingerprint density at radius 2 is 2.16 bits per heavy atom. The second-order valence-electron chi connectivity index (χ2n) is 4.12. The minimum absolute atomic E-state index is 0.00863. The molecule has 0 radical (unpaired) electrons. The summed E-state index contributed by atoms with van der Waals surface area (Å²) < 4.78 is 11.1. The van der Waals surface area contributed by atoms with Gasteiger partial charge >= 0.3 is 0 Å². The highest BCUT2D eigenvalue weighted by atomic mass is 16.5. The fraction of sp³-hybridized carbons (Fsp3) is 0.500. The lowest BCUT2D eigenvalue weighted by molar-refractivity contribution is -0.122. The number of carbonyl (C=O) groups is 1. The van der Waals surface area contributed by atoms with Gasteiger partial charge in [-0.15, -0.1) is 0 Å². The molecule has 1 aromatic carbocycles. The standard InChI is InChI=1S/C14H22N2O3/c1-3-8-18-12-5-4-11(6-7-15)13(9-12)19-10-14(17)16-2/h4-5,9H,3,6-8,10,15H2,1-2H3,(H,16,17). The first-order valence-corrected chi connectivity index (χ1v) is 6.50. The molecule has 1 rings (SSSR count). The van der Waals surface area contributed by atoms with Crippen LogP contribution < -0.4 is 20.5 Å². The molecule has 0 unspecified atom stereocenters. The number of hydrogen-bond donors (Lipinski definition) is 2. The molecule has 0 bridgehead atoms. The first-order chi connectivity index (χ1) is 9.21. The second kappa shape index (κ2) is 8.37. The van der Waals surface area contributed by atoms with E-state index in [1.54, 1.807) is 7.05 Å². The highest BCUT2D eigenvalue weighted by Gasteiger charge is 2.08. The van der Waals surface area contributed by atoms with E-state index < -0.39 is 0 Å². The summed E-state index contributed by atoms with van der Waals surface area (Å²) >= 11 is 0. The van der Waals surface area contributed by atoms with Crippen LogP contribution in [0.15, 0.2) is 18.2 Å². The molecule has 106 valence electrons. The first-order valence-electron chi connectivity index (χ1n) is 6.50. The Kier molecular flexibility index (Phi) is 6.74. The fourth-order valence-corrected chi connectivity index (χ4v) is 1.56. The summed E-state index contributed by atoms with van der Waals surface area (Å²) in [5.74, 6) is 1.23. The van der Waals surface area contributed by atoms with Gasteiger partial charge in [-0.2, -0.15) is 0 Å². The number of rotatable bonds is 8. The van der Waals surface area contributed by atoms with Crippen LogP contribution in [0, 0.1) is 0 Å². The van der Waals surface area contributed by atoms with Crippen molar-refractivity contribution in [1.29, 1.82) is 0 Å². The average Bonchev–Trinajstić information content (AvgIpc) is 2.44. The predicted octanol–water partition coefficient (Wildman–Crippen LogP) is 1.10. The molecule has 0 aliphatic carbocycles. The zero-order valence-corrected chi connectivity index (χ0v) is 11.6. The van der Waals surface area contributed by atoms with Crippen molar-refractivity contribution in [1.82, 2.24) is 5.32 Å². The van der Waals surface area contributed by atoms with Crippen molar-refractivity contribution >= 4 is 5.91 Å². The van der Waals surface area contributed by atoms with Crippen molar-refractivity contribution in [3.8, 4) is 11.5 Å². The third-order valence-electron chi connectivity index (χ3n) is 2.56. The molecular weight excluding hydrogens is 244 g/mol. The Labute approximate surface area is 114 Å². The van der Waals surface area contributed by atoms with E-state index >= 15 is 0 Å². The molecule has 0 atom stereocenters. The molecule has 0 aromatic heterocycles. The quantitative estimate of drug-likeness (QED) is 0.739. The van der Waals surface area contributed by atoms with Crippen molar-refractivity contribution in [2.75, 3.05) is 26.8 Å². The second-order valence-corrected chi connectivity index (χ2v) is 4.12. The van der Waals surface area contributed by atoms with Crippen molar-refractivity contribution in [2.24, 2.45) is 5.73 Å². The van der Waals surface area contributed by atoms with Crippen LogP contribution in [-0.4, -0.2) is 32.7 Å². The molecule has 0 aliphatic rings. The molecular formula is C14H22N2O3. The lowest BCUT2D eigenvalue weighted by Gasteiger charge is -2.13. The number of amides is 1. The van der Waals surface area contributed by atoms with E-state index in [2.05, 4.69) is 5.32 Å². The van der Waals surface area contributed by atoms with Gasteiger partial charge in [0.2, 0.25) is 0 Å². The van der Waals surface area contributed by atoms with Crippen LogP contribution >= 0.6 is 0 Å². The summed E-state index contributed by atoms with van der Waals surface area (Å²) in [5.41, 5.74) is 6.55. The summed E-state index contributed by atoms with van der Waals surface area (Å²) in [6.45, 7) is 3.23. The summed E-state index contributed by atoms with van der Waals surface area (Å²) in [5, 5.41) is 2.52. The average molecular weight is 266 g/mol. The Hall–Kier alpha value is -1.75. The molecule has 1 aromatic rings. The monoisotopic (exact) mass is 266 g/mol. The van der Waals surface area contributed by atoms with E-state index in [1.807, 2.05) is 25.1 Å². The SMILES string of the molecule is CCCOc1ccc(CCN)c(OCC(=O)NC)c1. The first kappa shape index (κ1) is 15.3. The van der Waals surface area contributed by atoms with E-state index in [4.69, 9.17) is 15.2 Å². The molecule has 3 N–H and O–H groups in total. The van der Waals surface area contributed by atoms with Gasteiger partial charge in [-0.05, 0) is 31.0 Å². The van der Waals surface area contributed by atoms with E-state index in [0.29, 0.717) is 25.3 Å². The van der Waals surface area contributed by atoms with Gasteiger partial charge in [0.1, 0.15) is 11.5 Å². The molecule has 1 amide bonds. The number of carbonyl (C=O) groups excluding carboxylic acids is 1. The van der Waals surface area contributed by atoms with E-state index in [1.165, 1.54) is 0 Å². The molecule has 0 fully saturated rings. The maximum absolute atomic E-state index is 11.2. The highest BCUT2D eigenvalue weighted by Crippen LogP contribution is 2.25. The molecule has 0 spiro atoms. The normalized spacial score (nSPS) is 10.1. The van der Waals surface area contributed by atoms with Gasteiger partial charge in [-0.3, -0.25) is 4.79 Å². The van der Waals surface area contributed by atoms with Gasteiger partial charge in [-0.1, -0.05) is 13.0 Å². The Morgan fingerprint density at radius 1 is 1.37 bits per heavy atom. The van der Waals surface area contributed by atoms with E-state index in [-0.39, 0.29) is 12.5 Å². The van der Waals surface area contributed by atoms with Crippen molar-refractivity contribution in [2.45, 2.75) is 19.8 Å². The number of hydrogen-bond acceptors (Lipinski definition) is 4. The molecule has 19 heavy (non-hydrogen) atoms. The zero-order valence-electron chi connectivity index (χ0n) is 11.6. The van der Waals surface area contributed by atoms with Gasteiger partial charge in [0, 0.05) is 13.1 Å². The van der Waals surface area contributed by atoms with Crippen molar-refractivity contribution < 1.29 is 14.3 Å². The van der Waals surface area contributed by atoms with E-state index in [0.717, 1.165) is 17.7 Å². The molecule has 0 saturated heterocycles. The van der Waals surface area contributed by atoms with Crippen LogP contribution in [0.2, 0.25) is 0 Å². The van der Waals surface area contributed by atoms with Crippen LogP contribution in [0.1, 0.15) is 18.9 Å². The number of nitrogens with two attached hydrogens (primary N) is 1. The van der Waals surface area contributed by atoms with Crippen molar-refractivity contribution in [3.63, 3.8) is 0 Å². The summed E-state index contributed by atoms with van der Waals surface area (Å²) in [4.78, 5) is 11.2. The Balaban J connectivity index is 2.78. The largest absolute Gasteiger partial charge is 0.493 e. The van der Waals surface area contributed by atoms with Crippen LogP contribution in [0.5, 0.6) is 11.5 Å². The third-order valence-corrected chi connectivity index (χ3v) is 2.56. The van der Waals surface area contributed by atoms with Crippen LogP contribution in [-0.2, 0) is 11.2 Å². The highest BCUT2D eigenvalue weighted by molar-refractivity contribution is 5.77. The van der Waals surface area contributed by atoms with Gasteiger partial charge in [0.05, 0.1) is 6.61 Å². The predicted molar refractivity (Wildman–Crippen MR) is 74.5 cm³/mol. The maximum atomic E-state index is 11.2. The zero-order chi connectivity index (χ0) is 14.1. The number of ether oxygens (including phenoxy) is 2. The molecule has 5 nitrogen and oxygen atoms in total. The Morgan fingerprint density at radius 3 is 2.79 bits per heavy atom. The number of nitrogens with one attached hydrogen (secondary N) is 1. The summed E-state index contributed by atoms with van der Waals surface area (Å²) in [6, 6.07) is 5.63. The maximum Gasteiger partial charge on any atom is 0.257 e. The van der Waals surface area contributed by atoms with E-state index in [9.17, 15) is 4.79 Å². The van der Waals surface area contributed by atoms with Crippen LogP contribution in [0.3, 0.4) is 0 Å². The van der Waals surface area contributed by atoms with Gasteiger partial charge in [-0.25, -0.2) is 0 Å². The van der Waals surface area contributed by atoms with Crippen molar-refractivity contribution in [3.05, 3.63) is 23.8 Å². The summed E-state index contributed by atoms with van der Waals surface area (Å²) in [6.07, 6.45) is 1.65. The number of likely N-dealkylation sites (N-methyl/N-ethyl adjacent to an activating group) is 1. The molecule has 0 aliphatic heterocycles. The van der Waals surface area contributed by atoms with Crippen LogP contribution in [0.25, 0.3) is 0 Å². The minimum atomic E-state index is -0.168. The summed E-state index contributed by atoms with van der Waals surface area (Å²) in [7, 11) is 1.58. The third kappa shape index (κ3) is 5.18. The molecule has 0 saturated carbocycles. The topological polar surface area (TPSA) is 73.6 Å². The smallest absolute Gasteiger partial charge is 0.257 e. The fourth-order valence-electron chi connectivity index (χ4n) is 1.56. The van der Waals surface area contributed by atoms with Gasteiger partial charge in [0.25, 0.3) is 5.91 Å².